The van der Waals surface area contributed by atoms with Gasteiger partial charge in [-0.25, -0.2) is 18.5 Å². The second-order valence-electron chi connectivity index (χ2n) is 6.97. The smallest absolute Gasteiger partial charge is 0.354 e. The SMILES string of the molecule is CCn1c(=O)nc(Nc2ccccc2)n(Cc2ccc(F)cc2)c1=O.COc1ccccc1. The van der Waals surface area contributed by atoms with E-state index in [4.69, 9.17) is 4.74 Å². The third-order valence-corrected chi connectivity index (χ3v) is 4.73. The van der Waals surface area contributed by atoms with Crippen LogP contribution in [0.5, 0.6) is 5.75 Å². The van der Waals surface area contributed by atoms with Crippen molar-refractivity contribution in [1.29, 1.82) is 0 Å². The molecule has 0 aliphatic rings. The lowest BCUT2D eigenvalue weighted by Gasteiger charge is -2.15. The van der Waals surface area contributed by atoms with Gasteiger partial charge in [-0.1, -0.05) is 48.5 Å². The Labute approximate surface area is 190 Å². The van der Waals surface area contributed by atoms with Crippen LogP contribution in [0.25, 0.3) is 0 Å². The Morgan fingerprint density at radius 1 is 0.879 bits per heavy atom. The van der Waals surface area contributed by atoms with Crippen LogP contribution < -0.4 is 21.4 Å². The third-order valence-electron chi connectivity index (χ3n) is 4.73. The first-order valence-electron chi connectivity index (χ1n) is 10.4. The van der Waals surface area contributed by atoms with Crippen LogP contribution in [0.1, 0.15) is 12.5 Å². The molecule has 0 saturated carbocycles. The Hall–Kier alpha value is -4.20. The molecular formula is C25H25FN4O3. The van der Waals surface area contributed by atoms with Gasteiger partial charge in [0.15, 0.2) is 0 Å². The number of benzene rings is 3. The molecule has 0 unspecified atom stereocenters. The number of aromatic nitrogens is 3. The van der Waals surface area contributed by atoms with Crippen LogP contribution in [0.4, 0.5) is 16.0 Å². The van der Waals surface area contributed by atoms with Crippen molar-refractivity contribution >= 4 is 11.6 Å². The number of hydrogen-bond acceptors (Lipinski definition) is 5. The van der Waals surface area contributed by atoms with Gasteiger partial charge < -0.3 is 10.1 Å². The van der Waals surface area contributed by atoms with Gasteiger partial charge in [0.25, 0.3) is 0 Å². The fourth-order valence-electron chi connectivity index (χ4n) is 3.02. The average Bonchev–Trinajstić information content (AvgIpc) is 2.84. The summed E-state index contributed by atoms with van der Waals surface area (Å²) >= 11 is 0. The Morgan fingerprint density at radius 2 is 1.48 bits per heavy atom. The van der Waals surface area contributed by atoms with Gasteiger partial charge in [-0.2, -0.15) is 4.98 Å². The molecule has 8 heteroatoms. The van der Waals surface area contributed by atoms with Crippen molar-refractivity contribution in [2.24, 2.45) is 0 Å². The number of methoxy groups -OCH3 is 1. The van der Waals surface area contributed by atoms with Gasteiger partial charge in [0.1, 0.15) is 11.6 Å². The summed E-state index contributed by atoms with van der Waals surface area (Å²) in [6, 6.07) is 24.7. The predicted octanol–water partition coefficient (Wildman–Crippen LogP) is 4.05. The normalized spacial score (nSPS) is 10.2. The molecule has 33 heavy (non-hydrogen) atoms. The van der Waals surface area contributed by atoms with Gasteiger partial charge in [-0.05, 0) is 48.9 Å². The molecule has 1 heterocycles. The number of anilines is 2. The van der Waals surface area contributed by atoms with Crippen LogP contribution in [0, 0.1) is 5.82 Å². The van der Waals surface area contributed by atoms with Crippen LogP contribution in [0.15, 0.2) is 94.5 Å². The zero-order valence-corrected chi connectivity index (χ0v) is 18.4. The first-order chi connectivity index (χ1) is 16.0. The molecule has 0 bridgehead atoms. The minimum absolute atomic E-state index is 0.148. The summed E-state index contributed by atoms with van der Waals surface area (Å²) in [6.45, 7) is 2.10. The summed E-state index contributed by atoms with van der Waals surface area (Å²) < 4.78 is 20.4. The van der Waals surface area contributed by atoms with Crippen molar-refractivity contribution in [1.82, 2.24) is 14.1 Å². The highest BCUT2D eigenvalue weighted by Gasteiger charge is 2.13. The van der Waals surface area contributed by atoms with Crippen LogP contribution >= 0.6 is 0 Å². The monoisotopic (exact) mass is 448 g/mol. The van der Waals surface area contributed by atoms with E-state index in [0.717, 1.165) is 15.9 Å². The van der Waals surface area contributed by atoms with Crippen molar-refractivity contribution in [2.45, 2.75) is 20.0 Å². The van der Waals surface area contributed by atoms with Gasteiger partial charge >= 0.3 is 11.4 Å². The highest BCUT2D eigenvalue weighted by atomic mass is 19.1. The van der Waals surface area contributed by atoms with E-state index < -0.39 is 11.4 Å². The maximum Gasteiger partial charge on any atom is 0.354 e. The summed E-state index contributed by atoms with van der Waals surface area (Å²) in [4.78, 5) is 28.8. The zero-order chi connectivity index (χ0) is 23.6. The Kier molecular flexibility index (Phi) is 8.13. The van der Waals surface area contributed by atoms with E-state index in [9.17, 15) is 14.0 Å². The molecule has 0 fully saturated rings. The van der Waals surface area contributed by atoms with Crippen molar-refractivity contribution in [3.8, 4) is 5.75 Å². The minimum atomic E-state index is -0.610. The molecule has 0 aliphatic carbocycles. The minimum Gasteiger partial charge on any atom is -0.497 e. The predicted molar refractivity (Wildman–Crippen MR) is 127 cm³/mol. The second kappa shape index (κ2) is 11.4. The first-order valence-corrected chi connectivity index (χ1v) is 10.4. The summed E-state index contributed by atoms with van der Waals surface area (Å²) in [5.74, 6) is 0.707. The second-order valence-corrected chi connectivity index (χ2v) is 6.97. The van der Waals surface area contributed by atoms with E-state index in [1.165, 1.54) is 16.7 Å². The Morgan fingerprint density at radius 3 is 2.03 bits per heavy atom. The van der Waals surface area contributed by atoms with Crippen molar-refractivity contribution in [3.63, 3.8) is 0 Å². The molecule has 0 saturated heterocycles. The van der Waals surface area contributed by atoms with Crippen LogP contribution in [0.3, 0.4) is 0 Å². The highest BCUT2D eigenvalue weighted by Crippen LogP contribution is 2.13. The molecule has 170 valence electrons. The van der Waals surface area contributed by atoms with E-state index in [0.29, 0.717) is 5.69 Å². The number of ether oxygens (including phenoxy) is 1. The zero-order valence-electron chi connectivity index (χ0n) is 18.4. The molecule has 0 atom stereocenters. The van der Waals surface area contributed by atoms with Crippen molar-refractivity contribution in [2.75, 3.05) is 12.4 Å². The lowest BCUT2D eigenvalue weighted by Crippen LogP contribution is -2.42. The third kappa shape index (κ3) is 6.39. The average molecular weight is 448 g/mol. The van der Waals surface area contributed by atoms with Crippen molar-refractivity contribution < 1.29 is 9.13 Å². The van der Waals surface area contributed by atoms with E-state index in [1.54, 1.807) is 38.3 Å². The van der Waals surface area contributed by atoms with Gasteiger partial charge in [0.05, 0.1) is 13.7 Å². The largest absolute Gasteiger partial charge is 0.497 e. The molecular weight excluding hydrogens is 423 g/mol. The Bertz CT molecular complexity index is 1270. The van der Waals surface area contributed by atoms with Crippen molar-refractivity contribution in [3.05, 3.63) is 117 Å². The summed E-state index contributed by atoms with van der Waals surface area (Å²) in [7, 11) is 1.66. The van der Waals surface area contributed by atoms with Gasteiger partial charge in [0, 0.05) is 12.2 Å². The molecule has 4 aromatic rings. The maximum absolute atomic E-state index is 13.1. The summed E-state index contributed by atoms with van der Waals surface area (Å²) in [5, 5.41) is 3.00. The van der Waals surface area contributed by atoms with Gasteiger partial charge in [0.2, 0.25) is 5.95 Å². The number of rotatable bonds is 6. The molecule has 0 radical (unpaired) electrons. The number of nitrogens with zero attached hydrogens (tertiary/aromatic N) is 3. The molecule has 0 aliphatic heterocycles. The molecule has 3 aromatic carbocycles. The van der Waals surface area contributed by atoms with E-state index in [2.05, 4.69) is 10.3 Å². The van der Waals surface area contributed by atoms with Gasteiger partial charge in [-0.3, -0.25) is 4.57 Å². The van der Waals surface area contributed by atoms with Crippen LogP contribution in [-0.2, 0) is 13.1 Å². The molecule has 7 nitrogen and oxygen atoms in total. The molecule has 1 N–H and O–H groups in total. The fraction of sp³-hybridized carbons (Fsp3) is 0.160. The molecule has 0 amide bonds. The van der Waals surface area contributed by atoms with Crippen LogP contribution in [-0.4, -0.2) is 21.2 Å². The molecule has 1 aromatic heterocycles. The first kappa shape index (κ1) is 23.5. The number of halogens is 1. The number of para-hydroxylation sites is 2. The van der Waals surface area contributed by atoms with E-state index in [1.807, 2.05) is 48.5 Å². The maximum atomic E-state index is 13.1. The lowest BCUT2D eigenvalue weighted by atomic mass is 10.2. The topological polar surface area (TPSA) is 78.2 Å². The Balaban J connectivity index is 0.000000323. The molecule has 4 rings (SSSR count). The summed E-state index contributed by atoms with van der Waals surface area (Å²) in [5.41, 5.74) is 0.352. The quantitative estimate of drug-likeness (QED) is 0.482. The van der Waals surface area contributed by atoms with Crippen LogP contribution in [0.2, 0.25) is 0 Å². The van der Waals surface area contributed by atoms with E-state index in [-0.39, 0.29) is 24.9 Å². The fourth-order valence-corrected chi connectivity index (χ4v) is 3.02. The molecule has 0 spiro atoms. The lowest BCUT2D eigenvalue weighted by molar-refractivity contribution is 0.415. The highest BCUT2D eigenvalue weighted by molar-refractivity contribution is 5.52. The van der Waals surface area contributed by atoms with E-state index >= 15 is 0 Å². The standard InChI is InChI=1S/C18H17FN4O2.C7H8O/c1-2-22-17(24)21-16(20-15-6-4-3-5-7-15)23(18(22)25)12-13-8-10-14(19)11-9-13;1-8-7-5-3-2-4-6-7/h3-11H,2,12H2,1H3,(H,20,21,24);2-6H,1H3. The number of nitrogens with one attached hydrogen (secondary N) is 1. The van der Waals surface area contributed by atoms with Gasteiger partial charge in [-0.15, -0.1) is 0 Å². The summed E-state index contributed by atoms with van der Waals surface area (Å²) in [6.07, 6.45) is 0. The number of hydrogen-bond donors (Lipinski definition) is 1.